The molecule has 1 aliphatic rings. The lowest BCUT2D eigenvalue weighted by Crippen LogP contribution is -2.33. The van der Waals surface area contributed by atoms with Crippen molar-refractivity contribution in [3.63, 3.8) is 0 Å². The highest BCUT2D eigenvalue weighted by atomic mass is 32.2. The van der Waals surface area contributed by atoms with Crippen LogP contribution in [0, 0.1) is 11.7 Å². The van der Waals surface area contributed by atoms with Gasteiger partial charge in [0.2, 0.25) is 6.29 Å². The van der Waals surface area contributed by atoms with Crippen molar-refractivity contribution in [1.29, 1.82) is 0 Å². The first-order chi connectivity index (χ1) is 14.3. The molecule has 5 nitrogen and oxygen atoms in total. The van der Waals surface area contributed by atoms with E-state index in [0.29, 0.717) is 45.9 Å². The molecule has 0 amide bonds. The van der Waals surface area contributed by atoms with E-state index in [9.17, 15) is 17.6 Å². The normalized spacial score (nSPS) is 14.1. The number of rotatable bonds is 7. The van der Waals surface area contributed by atoms with Crippen LogP contribution in [0.3, 0.4) is 0 Å². The number of hydrogen-bond donors (Lipinski definition) is 0. The highest BCUT2D eigenvalue weighted by Gasteiger charge is 2.25. The standard InChI is InChI=1S/C23H23FNO4S/c1-3-30(27,28)17-7-9-23(29-14-15-4-5-15)20(11-17)21-12-25(2)22(13-26)18-8-6-16(24)10-19(18)21/h6-13,15H,3-5,14H2,1-2H3/q+1. The van der Waals surface area contributed by atoms with Crippen molar-refractivity contribution < 1.29 is 26.9 Å². The summed E-state index contributed by atoms with van der Waals surface area (Å²) in [5.41, 5.74) is 1.58. The molecule has 1 fully saturated rings. The van der Waals surface area contributed by atoms with Crippen LogP contribution in [-0.2, 0) is 16.9 Å². The average Bonchev–Trinajstić information content (AvgIpc) is 3.56. The zero-order chi connectivity index (χ0) is 21.5. The zero-order valence-electron chi connectivity index (χ0n) is 16.9. The molecule has 1 heterocycles. The van der Waals surface area contributed by atoms with Gasteiger partial charge in [-0.2, -0.15) is 4.57 Å². The lowest BCUT2D eigenvalue weighted by molar-refractivity contribution is -0.671. The van der Waals surface area contributed by atoms with Gasteiger partial charge in [0, 0.05) is 10.9 Å². The number of nitrogens with zero attached hydrogens (tertiary/aromatic N) is 1. The van der Waals surface area contributed by atoms with Gasteiger partial charge in [0.25, 0.3) is 5.69 Å². The van der Waals surface area contributed by atoms with Gasteiger partial charge in [-0.1, -0.05) is 6.92 Å². The highest BCUT2D eigenvalue weighted by Crippen LogP contribution is 2.38. The van der Waals surface area contributed by atoms with E-state index >= 15 is 0 Å². The maximum Gasteiger partial charge on any atom is 0.253 e. The number of aryl methyl sites for hydroxylation is 1. The Morgan fingerprint density at radius 3 is 2.57 bits per heavy atom. The van der Waals surface area contributed by atoms with Gasteiger partial charge in [0.05, 0.1) is 28.2 Å². The number of ether oxygens (including phenoxy) is 1. The predicted octanol–water partition coefficient (Wildman–Crippen LogP) is 3.87. The first kappa shape index (κ1) is 20.5. The largest absolute Gasteiger partial charge is 0.493 e. The number of halogens is 1. The Balaban J connectivity index is 1.99. The molecule has 30 heavy (non-hydrogen) atoms. The monoisotopic (exact) mass is 428 g/mol. The van der Waals surface area contributed by atoms with Crippen molar-refractivity contribution >= 4 is 26.9 Å². The molecular weight excluding hydrogens is 405 g/mol. The Bertz CT molecular complexity index is 1250. The smallest absolute Gasteiger partial charge is 0.253 e. The fourth-order valence-electron chi connectivity index (χ4n) is 3.54. The quantitative estimate of drug-likeness (QED) is 0.423. The second-order valence-electron chi connectivity index (χ2n) is 7.66. The first-order valence-corrected chi connectivity index (χ1v) is 11.6. The van der Waals surface area contributed by atoms with Gasteiger partial charge in [-0.3, -0.25) is 4.79 Å². The Morgan fingerprint density at radius 1 is 1.13 bits per heavy atom. The van der Waals surface area contributed by atoms with Crippen LogP contribution in [0.1, 0.15) is 30.3 Å². The number of carbonyl (C=O) groups is 1. The van der Waals surface area contributed by atoms with Crippen molar-refractivity contribution in [2.75, 3.05) is 12.4 Å². The molecule has 156 valence electrons. The third-order valence-electron chi connectivity index (χ3n) is 5.51. The third kappa shape index (κ3) is 3.81. The lowest BCUT2D eigenvalue weighted by atomic mass is 9.98. The summed E-state index contributed by atoms with van der Waals surface area (Å²) in [6, 6.07) is 9.04. The molecule has 0 unspecified atom stereocenters. The van der Waals surface area contributed by atoms with E-state index in [1.807, 2.05) is 0 Å². The van der Waals surface area contributed by atoms with Crippen LogP contribution in [0.5, 0.6) is 5.75 Å². The third-order valence-corrected chi connectivity index (χ3v) is 7.25. The minimum atomic E-state index is -3.44. The highest BCUT2D eigenvalue weighted by molar-refractivity contribution is 7.91. The molecule has 3 aromatic rings. The summed E-state index contributed by atoms with van der Waals surface area (Å²) in [6.07, 6.45) is 4.68. The summed E-state index contributed by atoms with van der Waals surface area (Å²) in [5.74, 6) is 0.593. The number of carbonyl (C=O) groups excluding carboxylic acids is 1. The first-order valence-electron chi connectivity index (χ1n) is 9.91. The Hall–Kier alpha value is -2.80. The summed E-state index contributed by atoms with van der Waals surface area (Å²) in [5, 5.41) is 1.11. The van der Waals surface area contributed by atoms with Crippen LogP contribution in [0.25, 0.3) is 21.9 Å². The summed E-state index contributed by atoms with van der Waals surface area (Å²) in [4.78, 5) is 11.8. The van der Waals surface area contributed by atoms with Gasteiger partial charge in [0.15, 0.2) is 16.0 Å². The predicted molar refractivity (Wildman–Crippen MR) is 112 cm³/mol. The van der Waals surface area contributed by atoms with Gasteiger partial charge in [-0.05, 0) is 55.2 Å². The SMILES string of the molecule is CCS(=O)(=O)c1ccc(OCC2CC2)c(-c2c[n+](C)c(C=O)c3ccc(F)cc23)c1. The fraction of sp³-hybridized carbons (Fsp3) is 0.304. The molecule has 7 heteroatoms. The van der Waals surface area contributed by atoms with E-state index in [2.05, 4.69) is 0 Å². The number of aldehydes is 1. The van der Waals surface area contributed by atoms with Gasteiger partial charge < -0.3 is 4.74 Å². The molecule has 1 saturated carbocycles. The minimum Gasteiger partial charge on any atom is -0.493 e. The molecule has 0 N–H and O–H groups in total. The van der Waals surface area contributed by atoms with Gasteiger partial charge in [0.1, 0.15) is 18.6 Å². The maximum absolute atomic E-state index is 14.1. The van der Waals surface area contributed by atoms with Crippen LogP contribution in [0.2, 0.25) is 0 Å². The zero-order valence-corrected chi connectivity index (χ0v) is 17.7. The summed E-state index contributed by atoms with van der Waals surface area (Å²) in [6.45, 7) is 2.15. The van der Waals surface area contributed by atoms with Crippen molar-refractivity contribution in [2.45, 2.75) is 24.7 Å². The number of sulfone groups is 1. The molecular formula is C23H23FNO4S+. The van der Waals surface area contributed by atoms with Gasteiger partial charge in [-0.15, -0.1) is 0 Å². The Kier molecular flexibility index (Phi) is 5.32. The van der Waals surface area contributed by atoms with Crippen LogP contribution >= 0.6 is 0 Å². The van der Waals surface area contributed by atoms with E-state index < -0.39 is 15.7 Å². The van der Waals surface area contributed by atoms with Gasteiger partial charge >= 0.3 is 0 Å². The Morgan fingerprint density at radius 2 is 1.90 bits per heavy atom. The fourth-order valence-corrected chi connectivity index (χ4v) is 4.45. The van der Waals surface area contributed by atoms with Crippen molar-refractivity contribution in [3.8, 4) is 16.9 Å². The van der Waals surface area contributed by atoms with Crippen LogP contribution < -0.4 is 9.30 Å². The molecule has 0 radical (unpaired) electrons. The van der Waals surface area contributed by atoms with Crippen LogP contribution in [-0.4, -0.2) is 27.1 Å². The van der Waals surface area contributed by atoms with E-state index in [0.717, 1.165) is 19.1 Å². The minimum absolute atomic E-state index is 0.0258. The number of benzene rings is 2. The van der Waals surface area contributed by atoms with Crippen molar-refractivity contribution in [2.24, 2.45) is 13.0 Å². The van der Waals surface area contributed by atoms with Crippen LogP contribution in [0.4, 0.5) is 4.39 Å². The molecule has 2 aromatic carbocycles. The second-order valence-corrected chi connectivity index (χ2v) is 9.94. The van der Waals surface area contributed by atoms with Crippen molar-refractivity contribution in [3.05, 3.63) is 54.1 Å². The van der Waals surface area contributed by atoms with E-state index in [1.54, 1.807) is 49.0 Å². The number of fused-ring (bicyclic) bond motifs is 1. The molecule has 0 spiro atoms. The van der Waals surface area contributed by atoms with E-state index in [-0.39, 0.29) is 10.6 Å². The maximum atomic E-state index is 14.1. The lowest BCUT2D eigenvalue weighted by Gasteiger charge is -2.15. The van der Waals surface area contributed by atoms with Crippen molar-refractivity contribution in [1.82, 2.24) is 0 Å². The molecule has 0 saturated heterocycles. The molecule has 0 atom stereocenters. The summed E-state index contributed by atoms with van der Waals surface area (Å²) in [7, 11) is -1.71. The number of aromatic nitrogens is 1. The summed E-state index contributed by atoms with van der Waals surface area (Å²) >= 11 is 0. The molecule has 0 aliphatic heterocycles. The molecule has 4 rings (SSSR count). The molecule has 0 bridgehead atoms. The molecule has 1 aliphatic carbocycles. The summed E-state index contributed by atoms with van der Waals surface area (Å²) < 4.78 is 46.8. The average molecular weight is 429 g/mol. The Labute approximate surface area is 175 Å². The van der Waals surface area contributed by atoms with Crippen LogP contribution in [0.15, 0.2) is 47.5 Å². The van der Waals surface area contributed by atoms with Gasteiger partial charge in [-0.25, -0.2) is 12.8 Å². The topological polar surface area (TPSA) is 64.3 Å². The van der Waals surface area contributed by atoms with E-state index in [4.69, 9.17) is 4.74 Å². The number of pyridine rings is 1. The second kappa shape index (κ2) is 7.80. The van der Waals surface area contributed by atoms with E-state index in [1.165, 1.54) is 12.1 Å². The molecule has 1 aromatic heterocycles. The number of hydrogen-bond acceptors (Lipinski definition) is 4.